The summed E-state index contributed by atoms with van der Waals surface area (Å²) in [5, 5.41) is 6.66. The Balaban J connectivity index is 1.24. The van der Waals surface area contributed by atoms with Gasteiger partial charge in [-0.25, -0.2) is 0 Å². The third kappa shape index (κ3) is 4.44. The molecule has 10 aromatic rings. The normalized spacial score (nSPS) is 11.7. The van der Waals surface area contributed by atoms with E-state index in [0.717, 1.165) is 77.5 Å². The number of nitrogens with zero attached hydrogens (tertiary/aromatic N) is 1. The van der Waals surface area contributed by atoms with Crippen molar-refractivity contribution >= 4 is 71.7 Å². The number of furan rings is 2. The van der Waals surface area contributed by atoms with Gasteiger partial charge < -0.3 is 13.7 Å². The smallest absolute Gasteiger partial charge is 0.159 e. The fourth-order valence-corrected chi connectivity index (χ4v) is 7.36. The van der Waals surface area contributed by atoms with Crippen LogP contribution in [0.5, 0.6) is 0 Å². The Kier molecular flexibility index (Phi) is 6.18. The molecule has 0 atom stereocenters. The lowest BCUT2D eigenvalue weighted by Gasteiger charge is -2.26. The average molecular weight is 628 g/mol. The van der Waals surface area contributed by atoms with Gasteiger partial charge in [0.2, 0.25) is 0 Å². The molecule has 0 saturated carbocycles. The van der Waals surface area contributed by atoms with E-state index < -0.39 is 0 Å². The second kappa shape index (κ2) is 11.0. The quantitative estimate of drug-likeness (QED) is 0.190. The monoisotopic (exact) mass is 627 g/mol. The van der Waals surface area contributed by atoms with Gasteiger partial charge in [-0.3, -0.25) is 0 Å². The van der Waals surface area contributed by atoms with Gasteiger partial charge in [-0.1, -0.05) is 133 Å². The van der Waals surface area contributed by atoms with E-state index in [1.54, 1.807) is 0 Å². The Hall–Kier alpha value is -6.58. The van der Waals surface area contributed by atoms with Gasteiger partial charge in [-0.15, -0.1) is 0 Å². The van der Waals surface area contributed by atoms with Crippen LogP contribution in [0, 0.1) is 0 Å². The molecule has 49 heavy (non-hydrogen) atoms. The molecule has 0 radical (unpaired) electrons. The zero-order chi connectivity index (χ0) is 32.3. The van der Waals surface area contributed by atoms with Crippen LogP contribution < -0.4 is 4.90 Å². The molecule has 0 aliphatic heterocycles. The van der Waals surface area contributed by atoms with Crippen LogP contribution in [-0.4, -0.2) is 0 Å². The molecule has 0 saturated heterocycles. The first-order valence-corrected chi connectivity index (χ1v) is 16.6. The molecule has 0 aliphatic carbocycles. The number of hydrogen-bond acceptors (Lipinski definition) is 3. The van der Waals surface area contributed by atoms with Crippen LogP contribution in [0.15, 0.2) is 185 Å². The minimum atomic E-state index is 0.838. The second-order valence-electron chi connectivity index (χ2n) is 12.5. The summed E-state index contributed by atoms with van der Waals surface area (Å²) in [6.07, 6.45) is 0. The zero-order valence-electron chi connectivity index (χ0n) is 26.5. The van der Waals surface area contributed by atoms with Crippen molar-refractivity contribution in [2.75, 3.05) is 4.90 Å². The van der Waals surface area contributed by atoms with Crippen molar-refractivity contribution in [2.45, 2.75) is 0 Å². The van der Waals surface area contributed by atoms with E-state index in [9.17, 15) is 0 Å². The van der Waals surface area contributed by atoms with Crippen molar-refractivity contribution in [1.29, 1.82) is 0 Å². The summed E-state index contributed by atoms with van der Waals surface area (Å²) in [7, 11) is 0. The summed E-state index contributed by atoms with van der Waals surface area (Å²) in [6.45, 7) is 0. The van der Waals surface area contributed by atoms with E-state index >= 15 is 0 Å². The van der Waals surface area contributed by atoms with Crippen molar-refractivity contribution in [2.24, 2.45) is 0 Å². The van der Waals surface area contributed by atoms with Gasteiger partial charge in [-0.05, 0) is 69.9 Å². The summed E-state index contributed by atoms with van der Waals surface area (Å²) in [5.74, 6) is 0. The van der Waals surface area contributed by atoms with Gasteiger partial charge >= 0.3 is 0 Å². The lowest BCUT2D eigenvalue weighted by atomic mass is 10.00. The van der Waals surface area contributed by atoms with Crippen LogP contribution in [0.3, 0.4) is 0 Å². The molecular formula is C46H29NO2. The van der Waals surface area contributed by atoms with E-state index in [1.165, 1.54) is 16.5 Å². The molecule has 0 amide bonds. The maximum Gasteiger partial charge on any atom is 0.159 e. The number of para-hydroxylation sites is 3. The van der Waals surface area contributed by atoms with Crippen molar-refractivity contribution < 1.29 is 8.83 Å². The number of fused-ring (bicyclic) bond motifs is 7. The fraction of sp³-hybridized carbons (Fsp3) is 0. The maximum atomic E-state index is 6.96. The zero-order valence-corrected chi connectivity index (χ0v) is 26.5. The molecule has 0 aliphatic rings. The van der Waals surface area contributed by atoms with Gasteiger partial charge in [0.05, 0.1) is 16.8 Å². The van der Waals surface area contributed by atoms with E-state index in [2.05, 4.69) is 163 Å². The molecule has 2 heterocycles. The summed E-state index contributed by atoms with van der Waals surface area (Å²) in [4.78, 5) is 2.34. The molecule has 0 bridgehead atoms. The third-order valence-electron chi connectivity index (χ3n) is 9.64. The van der Waals surface area contributed by atoms with Crippen LogP contribution in [0.2, 0.25) is 0 Å². The average Bonchev–Trinajstić information content (AvgIpc) is 3.75. The Morgan fingerprint density at radius 2 is 1.00 bits per heavy atom. The number of rotatable bonds is 5. The van der Waals surface area contributed by atoms with Crippen molar-refractivity contribution in [1.82, 2.24) is 0 Å². The van der Waals surface area contributed by atoms with E-state index in [0.29, 0.717) is 0 Å². The molecule has 10 rings (SSSR count). The molecule has 0 unspecified atom stereocenters. The van der Waals surface area contributed by atoms with E-state index in [1.807, 2.05) is 18.2 Å². The van der Waals surface area contributed by atoms with E-state index in [4.69, 9.17) is 8.83 Å². The van der Waals surface area contributed by atoms with E-state index in [-0.39, 0.29) is 0 Å². The topological polar surface area (TPSA) is 29.5 Å². The molecule has 2 aromatic heterocycles. The SMILES string of the molecule is c1ccc(-c2ccc3cc(N(c4cccc5c4oc4c(-c6ccccc6)cccc45)c4cccc5oc6ccccc6c45)ccc3c2)cc1. The molecule has 3 heteroatoms. The largest absolute Gasteiger partial charge is 0.456 e. The van der Waals surface area contributed by atoms with Crippen LogP contribution in [0.1, 0.15) is 0 Å². The fourth-order valence-electron chi connectivity index (χ4n) is 7.36. The molecule has 230 valence electrons. The number of benzene rings is 8. The van der Waals surface area contributed by atoms with Crippen molar-refractivity contribution in [3.8, 4) is 22.3 Å². The summed E-state index contributed by atoms with van der Waals surface area (Å²) >= 11 is 0. The Morgan fingerprint density at radius 1 is 0.367 bits per heavy atom. The summed E-state index contributed by atoms with van der Waals surface area (Å²) in [6, 6.07) is 61.9. The molecule has 0 fully saturated rings. The van der Waals surface area contributed by atoms with Gasteiger partial charge in [0.15, 0.2) is 5.58 Å². The van der Waals surface area contributed by atoms with Crippen LogP contribution in [-0.2, 0) is 0 Å². The Morgan fingerprint density at radius 3 is 1.86 bits per heavy atom. The minimum Gasteiger partial charge on any atom is -0.456 e. The highest BCUT2D eigenvalue weighted by Crippen LogP contribution is 2.47. The first kappa shape index (κ1) is 27.5. The first-order chi connectivity index (χ1) is 24.3. The second-order valence-corrected chi connectivity index (χ2v) is 12.5. The van der Waals surface area contributed by atoms with Gasteiger partial charge in [0.1, 0.15) is 16.7 Å². The van der Waals surface area contributed by atoms with Crippen LogP contribution >= 0.6 is 0 Å². The lowest BCUT2D eigenvalue weighted by molar-refractivity contribution is 0.668. The predicted molar refractivity (Wildman–Crippen MR) is 204 cm³/mol. The number of anilines is 3. The molecule has 3 nitrogen and oxygen atoms in total. The highest BCUT2D eigenvalue weighted by Gasteiger charge is 2.24. The standard InChI is InChI=1S/C46H29NO2/c1-3-12-30(13-4-1)32-24-25-34-29-35(27-26-33(34)28-32)47(40-20-11-23-43-44(40)39-16-7-8-22-42(39)48-43)41-21-10-19-38-37-18-9-17-36(45(37)49-46(38)41)31-14-5-2-6-15-31/h1-29H. The summed E-state index contributed by atoms with van der Waals surface area (Å²) < 4.78 is 13.4. The maximum absolute atomic E-state index is 6.96. The Labute approximate surface area is 282 Å². The van der Waals surface area contributed by atoms with Gasteiger partial charge in [-0.2, -0.15) is 0 Å². The molecular weight excluding hydrogens is 599 g/mol. The highest BCUT2D eigenvalue weighted by atomic mass is 16.3. The molecule has 0 spiro atoms. The third-order valence-corrected chi connectivity index (χ3v) is 9.64. The van der Waals surface area contributed by atoms with Crippen LogP contribution in [0.25, 0.3) is 76.9 Å². The van der Waals surface area contributed by atoms with Crippen LogP contribution in [0.4, 0.5) is 17.1 Å². The molecule has 0 N–H and O–H groups in total. The minimum absolute atomic E-state index is 0.838. The predicted octanol–water partition coefficient (Wildman–Crippen LogP) is 13.4. The van der Waals surface area contributed by atoms with Gasteiger partial charge in [0, 0.05) is 27.4 Å². The lowest BCUT2D eigenvalue weighted by Crippen LogP contribution is -2.10. The van der Waals surface area contributed by atoms with Crippen molar-refractivity contribution in [3.05, 3.63) is 176 Å². The Bertz CT molecular complexity index is 2830. The van der Waals surface area contributed by atoms with Crippen molar-refractivity contribution in [3.63, 3.8) is 0 Å². The highest BCUT2D eigenvalue weighted by molar-refractivity contribution is 6.17. The number of hydrogen-bond donors (Lipinski definition) is 0. The molecule has 8 aromatic carbocycles. The summed E-state index contributed by atoms with van der Waals surface area (Å²) in [5.41, 5.74) is 11.1. The first-order valence-electron chi connectivity index (χ1n) is 16.6. The van der Waals surface area contributed by atoms with Gasteiger partial charge in [0.25, 0.3) is 0 Å².